The van der Waals surface area contributed by atoms with Crippen molar-refractivity contribution >= 4 is 24.0 Å². The summed E-state index contributed by atoms with van der Waals surface area (Å²) in [5.74, 6) is -0.596. The Bertz CT molecular complexity index is 1000. The number of para-hydroxylation sites is 1. The molecule has 2 aromatic carbocycles. The molecule has 0 radical (unpaired) electrons. The van der Waals surface area contributed by atoms with Crippen molar-refractivity contribution in [3.8, 4) is 11.5 Å². The van der Waals surface area contributed by atoms with Gasteiger partial charge < -0.3 is 25.0 Å². The number of carbonyl (C=O) groups excluding carboxylic acids is 1. The monoisotopic (exact) mass is 479 g/mol. The molecule has 0 aromatic heterocycles. The van der Waals surface area contributed by atoms with Gasteiger partial charge in [0.05, 0.1) is 5.92 Å². The fourth-order valence-corrected chi connectivity index (χ4v) is 4.52. The molecule has 9 heteroatoms. The van der Waals surface area contributed by atoms with E-state index in [0.717, 1.165) is 42.8 Å². The molecule has 0 spiro atoms. The third-order valence-corrected chi connectivity index (χ3v) is 6.33. The van der Waals surface area contributed by atoms with Gasteiger partial charge in [-0.15, -0.1) is 12.4 Å². The van der Waals surface area contributed by atoms with E-state index >= 15 is 0 Å². The minimum Gasteiger partial charge on any atom is -0.486 e. The van der Waals surface area contributed by atoms with Crippen molar-refractivity contribution in [2.24, 2.45) is 5.92 Å². The number of nitrogens with one attached hydrogen (secondary N) is 2. The minimum atomic E-state index is -0.900. The van der Waals surface area contributed by atoms with Gasteiger partial charge in [0.1, 0.15) is 13.2 Å². The van der Waals surface area contributed by atoms with Gasteiger partial charge in [0.2, 0.25) is 5.91 Å². The molecule has 2 N–H and O–H groups in total. The Morgan fingerprint density at radius 3 is 2.70 bits per heavy atom. The van der Waals surface area contributed by atoms with Crippen LogP contribution in [0.1, 0.15) is 24.8 Å². The smallest absolute Gasteiger partial charge is 0.229 e. The van der Waals surface area contributed by atoms with Crippen LogP contribution >= 0.6 is 12.4 Å². The summed E-state index contributed by atoms with van der Waals surface area (Å²) in [5.41, 5.74) is 1.42. The average Bonchev–Trinajstić information content (AvgIpc) is 3.65. The number of hydrogen-bond acceptors (Lipinski definition) is 5. The lowest BCUT2D eigenvalue weighted by atomic mass is 9.91. The SMILES string of the molecule is Cl.O=C(C1CNCCC1Nc1ccc(F)c(F)c1)N(Cc1cccc2c1OCCO2)C1CC1. The van der Waals surface area contributed by atoms with E-state index in [2.05, 4.69) is 10.6 Å². The molecule has 2 atom stereocenters. The van der Waals surface area contributed by atoms with E-state index in [1.807, 2.05) is 23.1 Å². The van der Waals surface area contributed by atoms with Crippen molar-refractivity contribution < 1.29 is 23.0 Å². The molecule has 5 rings (SSSR count). The number of nitrogens with zero attached hydrogens (tertiary/aromatic N) is 1. The van der Waals surface area contributed by atoms with Crippen LogP contribution in [0.3, 0.4) is 0 Å². The van der Waals surface area contributed by atoms with Crippen molar-refractivity contribution in [2.75, 3.05) is 31.6 Å². The van der Waals surface area contributed by atoms with Gasteiger partial charge in [-0.1, -0.05) is 12.1 Å². The minimum absolute atomic E-state index is 0. The second-order valence-corrected chi connectivity index (χ2v) is 8.62. The summed E-state index contributed by atoms with van der Waals surface area (Å²) in [7, 11) is 0. The van der Waals surface area contributed by atoms with Crippen LogP contribution in [-0.2, 0) is 11.3 Å². The number of hydrogen-bond donors (Lipinski definition) is 2. The Kier molecular flexibility index (Phi) is 7.24. The quantitative estimate of drug-likeness (QED) is 0.661. The Hall–Kier alpha value is -2.58. The molecule has 6 nitrogen and oxygen atoms in total. The van der Waals surface area contributed by atoms with Gasteiger partial charge in [-0.25, -0.2) is 8.78 Å². The molecule has 2 fully saturated rings. The fourth-order valence-electron chi connectivity index (χ4n) is 4.52. The van der Waals surface area contributed by atoms with Gasteiger partial charge in [0.25, 0.3) is 0 Å². The van der Waals surface area contributed by atoms with Crippen molar-refractivity contribution in [3.63, 3.8) is 0 Å². The van der Waals surface area contributed by atoms with Gasteiger partial charge >= 0.3 is 0 Å². The molecule has 2 unspecified atom stereocenters. The number of rotatable bonds is 6. The number of halogens is 3. The molecule has 1 aliphatic carbocycles. The second kappa shape index (κ2) is 10.1. The van der Waals surface area contributed by atoms with E-state index in [9.17, 15) is 13.6 Å². The van der Waals surface area contributed by atoms with Crippen molar-refractivity contribution in [1.29, 1.82) is 0 Å². The van der Waals surface area contributed by atoms with Crippen LogP contribution in [0, 0.1) is 17.6 Å². The van der Waals surface area contributed by atoms with Crippen LogP contribution in [0.15, 0.2) is 36.4 Å². The maximum absolute atomic E-state index is 13.7. The first kappa shape index (κ1) is 23.6. The standard InChI is InChI=1S/C24H27F2N3O3.ClH/c25-19-7-4-16(12-20(19)26)28-21-8-9-27-13-18(21)24(30)29(17-5-6-17)14-15-2-1-3-22-23(15)32-11-10-31-22;/h1-4,7,12,17-18,21,27-28H,5-6,8-11,13-14H2;1H. The lowest BCUT2D eigenvalue weighted by Crippen LogP contribution is -2.52. The summed E-state index contributed by atoms with van der Waals surface area (Å²) >= 11 is 0. The zero-order valence-electron chi connectivity index (χ0n) is 18.2. The molecule has 33 heavy (non-hydrogen) atoms. The Morgan fingerprint density at radius 1 is 1.09 bits per heavy atom. The van der Waals surface area contributed by atoms with Gasteiger partial charge in [0.15, 0.2) is 23.1 Å². The second-order valence-electron chi connectivity index (χ2n) is 8.62. The van der Waals surface area contributed by atoms with E-state index in [4.69, 9.17) is 9.47 Å². The summed E-state index contributed by atoms with van der Waals surface area (Å²) in [6, 6.07) is 9.59. The fraction of sp³-hybridized carbons (Fsp3) is 0.458. The van der Waals surface area contributed by atoms with Crippen LogP contribution in [0.5, 0.6) is 11.5 Å². The predicted molar refractivity (Wildman–Crippen MR) is 123 cm³/mol. The highest BCUT2D eigenvalue weighted by molar-refractivity contribution is 5.85. The highest BCUT2D eigenvalue weighted by Crippen LogP contribution is 2.37. The average molecular weight is 480 g/mol. The zero-order chi connectivity index (χ0) is 22.1. The normalized spacial score (nSPS) is 21.6. The van der Waals surface area contributed by atoms with Crippen LogP contribution in [0.25, 0.3) is 0 Å². The predicted octanol–water partition coefficient (Wildman–Crippen LogP) is 3.74. The molecule has 2 aliphatic heterocycles. The highest BCUT2D eigenvalue weighted by Gasteiger charge is 2.40. The number of amides is 1. The molecule has 1 saturated heterocycles. The van der Waals surface area contributed by atoms with Crippen molar-refractivity contribution in [2.45, 2.75) is 37.9 Å². The van der Waals surface area contributed by atoms with Crippen molar-refractivity contribution in [1.82, 2.24) is 10.2 Å². The molecule has 3 aliphatic rings. The number of carbonyl (C=O) groups is 1. The largest absolute Gasteiger partial charge is 0.486 e. The third kappa shape index (κ3) is 5.17. The Balaban J connectivity index is 0.00000259. The summed E-state index contributed by atoms with van der Waals surface area (Å²) in [6.45, 7) is 2.77. The first-order valence-corrected chi connectivity index (χ1v) is 11.2. The highest BCUT2D eigenvalue weighted by atomic mass is 35.5. The van der Waals surface area contributed by atoms with E-state index < -0.39 is 11.6 Å². The first-order valence-electron chi connectivity index (χ1n) is 11.2. The van der Waals surface area contributed by atoms with Crippen LogP contribution in [0.4, 0.5) is 14.5 Å². The third-order valence-electron chi connectivity index (χ3n) is 6.33. The topological polar surface area (TPSA) is 62.8 Å². The van der Waals surface area contributed by atoms with Crippen LogP contribution in [-0.4, -0.2) is 49.2 Å². The molecule has 2 heterocycles. The Morgan fingerprint density at radius 2 is 1.91 bits per heavy atom. The van der Waals surface area contributed by atoms with Gasteiger partial charge in [-0.05, 0) is 44.0 Å². The number of fused-ring (bicyclic) bond motifs is 1. The van der Waals surface area contributed by atoms with Crippen LogP contribution < -0.4 is 20.1 Å². The molecule has 2 aromatic rings. The van der Waals surface area contributed by atoms with E-state index in [1.165, 1.54) is 6.07 Å². The van der Waals surface area contributed by atoms with E-state index in [0.29, 0.717) is 44.2 Å². The van der Waals surface area contributed by atoms with E-state index in [-0.39, 0.29) is 36.3 Å². The molecule has 1 saturated carbocycles. The van der Waals surface area contributed by atoms with Gasteiger partial charge in [0, 0.05) is 42.5 Å². The number of anilines is 1. The molecule has 0 bridgehead atoms. The lowest BCUT2D eigenvalue weighted by Gasteiger charge is -2.36. The first-order chi connectivity index (χ1) is 15.6. The number of piperidine rings is 1. The molecular weight excluding hydrogens is 452 g/mol. The summed E-state index contributed by atoms with van der Waals surface area (Å²) in [4.78, 5) is 15.7. The molecule has 178 valence electrons. The summed E-state index contributed by atoms with van der Waals surface area (Å²) in [5, 5.41) is 6.58. The number of benzene rings is 2. The van der Waals surface area contributed by atoms with Gasteiger partial charge in [-0.2, -0.15) is 0 Å². The zero-order valence-corrected chi connectivity index (χ0v) is 19.0. The van der Waals surface area contributed by atoms with Crippen LogP contribution in [0.2, 0.25) is 0 Å². The summed E-state index contributed by atoms with van der Waals surface area (Å²) in [6.07, 6.45) is 2.69. The van der Waals surface area contributed by atoms with Gasteiger partial charge in [-0.3, -0.25) is 4.79 Å². The number of ether oxygens (including phenoxy) is 2. The van der Waals surface area contributed by atoms with E-state index in [1.54, 1.807) is 0 Å². The summed E-state index contributed by atoms with van der Waals surface area (Å²) < 4.78 is 38.5. The maximum atomic E-state index is 13.7. The Labute approximate surface area is 198 Å². The molecule has 1 amide bonds. The molecular formula is C24H28ClF2N3O3. The maximum Gasteiger partial charge on any atom is 0.229 e. The lowest BCUT2D eigenvalue weighted by molar-refractivity contribution is -0.137. The van der Waals surface area contributed by atoms with Crippen molar-refractivity contribution in [3.05, 3.63) is 53.6 Å².